The molecule has 0 atom stereocenters. The van der Waals surface area contributed by atoms with Gasteiger partial charge in [0, 0.05) is 0 Å². The van der Waals surface area contributed by atoms with Crippen molar-refractivity contribution in [3.63, 3.8) is 0 Å². The summed E-state index contributed by atoms with van der Waals surface area (Å²) in [4.78, 5) is 0. The minimum Gasteiger partial charge on any atom is -0.699 e. The van der Waals surface area contributed by atoms with Crippen LogP contribution in [0.15, 0.2) is 54.6 Å². The standard InChI is InChI=1S/C12H10NO.K/c13-10-5-4-8-12(9-10)14-11-6-2-1-3-7-11;/h1-9,13H;/q-1;+1. The first-order chi connectivity index (χ1) is 6.84. The molecular formula is C12H10KNO. The Kier molecular flexibility index (Phi) is 5.35. The minimum atomic E-state index is 0. The van der Waals surface area contributed by atoms with Crippen molar-refractivity contribution >= 4 is 5.69 Å². The van der Waals surface area contributed by atoms with Gasteiger partial charge in [0.1, 0.15) is 11.5 Å². The number of nitrogens with one attached hydrogen (secondary N) is 1. The van der Waals surface area contributed by atoms with Gasteiger partial charge in [-0.1, -0.05) is 30.3 Å². The van der Waals surface area contributed by atoms with Crippen molar-refractivity contribution in [2.24, 2.45) is 0 Å². The maximum absolute atomic E-state index is 7.42. The van der Waals surface area contributed by atoms with Gasteiger partial charge in [-0.2, -0.15) is 0 Å². The van der Waals surface area contributed by atoms with Gasteiger partial charge in [0.25, 0.3) is 0 Å². The first-order valence-corrected chi connectivity index (χ1v) is 4.39. The monoisotopic (exact) mass is 223 g/mol. The van der Waals surface area contributed by atoms with Crippen molar-refractivity contribution in [2.75, 3.05) is 0 Å². The minimum absolute atomic E-state index is 0. The molecule has 0 aliphatic rings. The third-order valence-electron chi connectivity index (χ3n) is 1.81. The van der Waals surface area contributed by atoms with E-state index in [2.05, 4.69) is 0 Å². The van der Waals surface area contributed by atoms with E-state index >= 15 is 0 Å². The Hall–Kier alpha value is -0.324. The van der Waals surface area contributed by atoms with Crippen LogP contribution in [0.3, 0.4) is 0 Å². The van der Waals surface area contributed by atoms with Crippen molar-refractivity contribution in [3.8, 4) is 11.5 Å². The summed E-state index contributed by atoms with van der Waals surface area (Å²) in [5.41, 5.74) is 7.88. The van der Waals surface area contributed by atoms with Crippen molar-refractivity contribution in [2.45, 2.75) is 0 Å². The third-order valence-corrected chi connectivity index (χ3v) is 1.81. The zero-order valence-corrected chi connectivity index (χ0v) is 11.7. The quantitative estimate of drug-likeness (QED) is 0.703. The first-order valence-electron chi connectivity index (χ1n) is 4.39. The molecule has 70 valence electrons. The summed E-state index contributed by atoms with van der Waals surface area (Å²) < 4.78 is 5.54. The molecule has 0 aliphatic heterocycles. The van der Waals surface area contributed by atoms with Crippen LogP contribution in [0.5, 0.6) is 11.5 Å². The fourth-order valence-electron chi connectivity index (χ4n) is 1.18. The van der Waals surface area contributed by atoms with Gasteiger partial charge in [-0.15, -0.1) is 5.69 Å². The first kappa shape index (κ1) is 12.7. The molecule has 0 fully saturated rings. The Morgan fingerprint density at radius 1 is 0.800 bits per heavy atom. The van der Waals surface area contributed by atoms with Crippen LogP contribution in [0, 0.1) is 0 Å². The zero-order valence-electron chi connectivity index (χ0n) is 8.60. The summed E-state index contributed by atoms with van der Waals surface area (Å²) in [6.45, 7) is 0. The van der Waals surface area contributed by atoms with Crippen LogP contribution >= 0.6 is 0 Å². The number of rotatable bonds is 2. The molecule has 2 aromatic carbocycles. The normalized spacial score (nSPS) is 9.07. The summed E-state index contributed by atoms with van der Waals surface area (Å²) in [6, 6.07) is 16.6. The molecule has 2 aromatic rings. The van der Waals surface area contributed by atoms with E-state index in [-0.39, 0.29) is 51.4 Å². The van der Waals surface area contributed by atoms with Crippen molar-refractivity contribution in [3.05, 3.63) is 60.3 Å². The van der Waals surface area contributed by atoms with Gasteiger partial charge in [0.05, 0.1) is 0 Å². The second kappa shape index (κ2) is 6.30. The summed E-state index contributed by atoms with van der Waals surface area (Å²) in [5, 5.41) is 0. The number of para-hydroxylation sites is 1. The Morgan fingerprint density at radius 3 is 2.13 bits per heavy atom. The molecule has 0 bridgehead atoms. The molecule has 0 aromatic heterocycles. The predicted molar refractivity (Wildman–Crippen MR) is 56.9 cm³/mol. The summed E-state index contributed by atoms with van der Waals surface area (Å²) in [6.07, 6.45) is 0. The molecule has 0 spiro atoms. The van der Waals surface area contributed by atoms with Crippen molar-refractivity contribution in [1.82, 2.24) is 0 Å². The van der Waals surface area contributed by atoms with Crippen LogP contribution < -0.4 is 56.1 Å². The largest absolute Gasteiger partial charge is 1.00 e. The van der Waals surface area contributed by atoms with E-state index in [1.54, 1.807) is 18.2 Å². The third kappa shape index (κ3) is 3.97. The van der Waals surface area contributed by atoms with Crippen LogP contribution in [0.2, 0.25) is 0 Å². The summed E-state index contributed by atoms with van der Waals surface area (Å²) in [5.74, 6) is 1.49. The molecule has 2 nitrogen and oxygen atoms in total. The van der Waals surface area contributed by atoms with E-state index in [1.807, 2.05) is 36.4 Å². The van der Waals surface area contributed by atoms with Gasteiger partial charge in [-0.25, -0.2) is 0 Å². The molecule has 0 heterocycles. The molecule has 0 aliphatic carbocycles. The molecule has 15 heavy (non-hydrogen) atoms. The van der Waals surface area contributed by atoms with Crippen molar-refractivity contribution < 1.29 is 56.1 Å². The summed E-state index contributed by atoms with van der Waals surface area (Å²) in [7, 11) is 0. The van der Waals surface area contributed by atoms with Crippen LogP contribution in [0.4, 0.5) is 5.69 Å². The van der Waals surface area contributed by atoms with E-state index < -0.39 is 0 Å². The summed E-state index contributed by atoms with van der Waals surface area (Å²) >= 11 is 0. The Balaban J connectivity index is 0.00000112. The second-order valence-corrected chi connectivity index (χ2v) is 2.94. The van der Waals surface area contributed by atoms with Gasteiger partial charge < -0.3 is 10.5 Å². The Bertz CT molecular complexity index is 417. The molecule has 0 saturated heterocycles. The molecule has 0 saturated carbocycles. The van der Waals surface area contributed by atoms with Gasteiger partial charge in [0.15, 0.2) is 0 Å². The predicted octanol–water partition coefficient (Wildman–Crippen LogP) is 1.17. The SMILES string of the molecule is [K+].[NH-]c1cccc(Oc2ccccc2)c1. The number of hydrogen-bond acceptors (Lipinski definition) is 1. The van der Waals surface area contributed by atoms with Crippen LogP contribution in [0.25, 0.3) is 5.73 Å². The maximum Gasteiger partial charge on any atom is 1.00 e. The molecule has 1 N–H and O–H groups in total. The van der Waals surface area contributed by atoms with Gasteiger partial charge in [-0.3, -0.25) is 0 Å². The van der Waals surface area contributed by atoms with E-state index in [4.69, 9.17) is 10.5 Å². The van der Waals surface area contributed by atoms with Gasteiger partial charge >= 0.3 is 51.4 Å². The van der Waals surface area contributed by atoms with Gasteiger partial charge in [-0.05, 0) is 24.3 Å². The molecule has 0 radical (unpaired) electrons. The fourth-order valence-corrected chi connectivity index (χ4v) is 1.18. The Morgan fingerprint density at radius 2 is 1.47 bits per heavy atom. The topological polar surface area (TPSA) is 33.0 Å². The van der Waals surface area contributed by atoms with Crippen LogP contribution in [-0.2, 0) is 0 Å². The molecular weight excluding hydrogens is 213 g/mol. The van der Waals surface area contributed by atoms with Crippen molar-refractivity contribution in [1.29, 1.82) is 0 Å². The number of hydrogen-bond donors (Lipinski definition) is 0. The fraction of sp³-hybridized carbons (Fsp3) is 0. The molecule has 0 unspecified atom stereocenters. The smallest absolute Gasteiger partial charge is 0.699 e. The van der Waals surface area contributed by atoms with E-state index in [9.17, 15) is 0 Å². The van der Waals surface area contributed by atoms with E-state index in [0.29, 0.717) is 11.4 Å². The number of ether oxygens (including phenoxy) is 1. The molecule has 2 rings (SSSR count). The molecule has 0 amide bonds. The van der Waals surface area contributed by atoms with Crippen LogP contribution in [0.1, 0.15) is 0 Å². The molecule has 3 heteroatoms. The zero-order chi connectivity index (χ0) is 9.80. The van der Waals surface area contributed by atoms with E-state index in [0.717, 1.165) is 5.75 Å². The van der Waals surface area contributed by atoms with Crippen LogP contribution in [-0.4, -0.2) is 0 Å². The van der Waals surface area contributed by atoms with E-state index in [1.165, 1.54) is 0 Å². The maximum atomic E-state index is 7.42. The average Bonchev–Trinajstić information content (AvgIpc) is 2.19. The second-order valence-electron chi connectivity index (χ2n) is 2.94. The van der Waals surface area contributed by atoms with Gasteiger partial charge in [0.2, 0.25) is 0 Å². The average molecular weight is 223 g/mol. The number of benzene rings is 2. The Labute approximate surface area is 132 Å².